The van der Waals surface area contributed by atoms with Gasteiger partial charge in [0.15, 0.2) is 25.2 Å². The van der Waals surface area contributed by atoms with Crippen LogP contribution in [0.4, 0.5) is 0 Å². The monoisotopic (exact) mass is 1920 g/mol. The molecule has 0 aromatic carbocycles. The highest BCUT2D eigenvalue weighted by Crippen LogP contribution is 2.42. The van der Waals surface area contributed by atoms with Gasteiger partial charge < -0.3 is 222 Å². The third kappa shape index (κ3) is 26.0. The van der Waals surface area contributed by atoms with E-state index in [1.54, 1.807) is 0 Å². The highest BCUT2D eigenvalue weighted by Gasteiger charge is 2.64. The first-order valence-electron chi connectivity index (χ1n) is 42.6. The summed E-state index contributed by atoms with van der Waals surface area (Å²) >= 11 is 0. The van der Waals surface area contributed by atoms with Crippen LogP contribution in [0.3, 0.4) is 0 Å². The lowest BCUT2D eigenvalue weighted by molar-refractivity contribution is -0.385. The Kier molecular flexibility index (Phi) is 40.0. The molecule has 11 amide bonds. The molecule has 8 heterocycles. The standard InChI is InChI=1S/C76H124N12O45/c1-25(63(77)112)79-65(114)33-11-9-13-87(33)68(117)34-12-10-14-88(34)67(116)26(2)80-66(115)44(86-64(113)32(18-89)85-43(103)17-78-8)27(3)123-70-48(84-31(7)98)58(129-72-56(111)62(52(107)40(22-93)125-72)133-76(74(120)121)16-36(100)46(82-29(5)96)60(131-76)50(105)38(102)20-91)53(108)42(127-70)24-122-69-47(83-30(6)97)54(109)57(41(23-94)126-69)128-71-55(110)61(51(106)39(21-92)124-71)132-75(73(118)119)15-35(99)45(81-28(4)95)59(130-75)49(104)37(101)19-90/h25-27,32-42,44-62,69-72,78,89-94,99-102,104-111H,9-24H2,1-8H3,(H2,77,112)(H,79,114)(H,80,115)(H,81,95)(H,82,96)(H,83,97)(H,84,98)(H,85,103)(H,86,113)(H,118,119)(H,120,121)/t25?,26?,27?,32?,33?,34?,35-,36-,37-,38-,39?,40?,41?,42?,44?,45-,46-,47?,48?,49-,50-,51+,52+,53+,54-,55?,56?,57-,58-,59?,60?,61+,62+,69-,70+,71+,72+,75+,76+/m1/s1. The molecule has 758 valence electrons. The fourth-order valence-corrected chi connectivity index (χ4v) is 16.8. The van der Waals surface area contributed by atoms with E-state index in [2.05, 4.69) is 47.9 Å². The van der Waals surface area contributed by atoms with Gasteiger partial charge in [0.1, 0.15) is 170 Å². The highest BCUT2D eigenvalue weighted by molar-refractivity contribution is 5.98. The maximum absolute atomic E-state index is 15.2. The molecule has 0 saturated carbocycles. The molecule has 0 radical (unpaired) electrons. The van der Waals surface area contributed by atoms with Crippen LogP contribution >= 0.6 is 0 Å². The first-order valence-corrected chi connectivity index (χ1v) is 42.6. The lowest BCUT2D eigenvalue weighted by atomic mass is 9.88. The van der Waals surface area contributed by atoms with E-state index in [-0.39, 0.29) is 32.4 Å². The largest absolute Gasteiger partial charge is 0.477 e. The fourth-order valence-electron chi connectivity index (χ4n) is 16.8. The molecule has 133 heavy (non-hydrogen) atoms. The van der Waals surface area contributed by atoms with Gasteiger partial charge in [-0.15, -0.1) is 0 Å². The summed E-state index contributed by atoms with van der Waals surface area (Å²) < 4.78 is 72.1. The molecule has 39 atom stereocenters. The van der Waals surface area contributed by atoms with Crippen molar-refractivity contribution in [2.45, 2.75) is 325 Å². The van der Waals surface area contributed by atoms with E-state index in [9.17, 15) is 160 Å². The smallest absolute Gasteiger partial charge is 0.364 e. The number of likely N-dealkylation sites (N-methyl/N-ethyl adjacent to an activating group) is 1. The Morgan fingerprint density at radius 1 is 0.481 bits per heavy atom. The summed E-state index contributed by atoms with van der Waals surface area (Å²) in [4.78, 5) is 178. The van der Waals surface area contributed by atoms with Gasteiger partial charge >= 0.3 is 11.9 Å². The van der Waals surface area contributed by atoms with E-state index in [1.165, 1.54) is 18.9 Å². The van der Waals surface area contributed by atoms with Crippen molar-refractivity contribution in [3.05, 3.63) is 0 Å². The first kappa shape index (κ1) is 110. The molecule has 8 aliphatic rings. The van der Waals surface area contributed by atoms with Crippen molar-refractivity contribution in [1.29, 1.82) is 0 Å². The topological polar surface area (TPSA) is 878 Å². The number of nitrogens with one attached hydrogen (secondary N) is 9. The quantitative estimate of drug-likeness (QED) is 0.0270. The van der Waals surface area contributed by atoms with Crippen molar-refractivity contribution in [1.82, 2.24) is 57.7 Å². The molecule has 8 saturated heterocycles. The molecule has 0 aromatic rings. The van der Waals surface area contributed by atoms with Crippen LogP contribution in [0.5, 0.6) is 0 Å². The molecular formula is C76H124N12O45. The number of nitrogens with zero attached hydrogens (tertiary/aromatic N) is 2. The molecular weight excluding hydrogens is 1800 g/mol. The van der Waals surface area contributed by atoms with E-state index in [0.717, 1.165) is 46.4 Å². The number of carboxylic acid groups (broad SMARTS) is 2. The van der Waals surface area contributed by atoms with Crippen LogP contribution in [0.15, 0.2) is 0 Å². The molecule has 0 aliphatic carbocycles. The molecule has 8 aliphatic heterocycles. The Bertz CT molecular complexity index is 3990. The second kappa shape index (κ2) is 48.3. The van der Waals surface area contributed by atoms with E-state index < -0.39 is 380 Å². The number of primary amides is 1. The van der Waals surface area contributed by atoms with Crippen molar-refractivity contribution in [2.24, 2.45) is 5.73 Å². The summed E-state index contributed by atoms with van der Waals surface area (Å²) in [6.45, 7) is -2.09. The van der Waals surface area contributed by atoms with Crippen LogP contribution in [-0.2, 0) is 119 Å². The summed E-state index contributed by atoms with van der Waals surface area (Å²) in [5.41, 5.74) is 5.37. The second-order valence-electron chi connectivity index (χ2n) is 33.5. The molecule has 57 nitrogen and oxygen atoms in total. The van der Waals surface area contributed by atoms with Crippen LogP contribution in [0, 0.1) is 0 Å². The van der Waals surface area contributed by atoms with Gasteiger partial charge in [0.05, 0.1) is 83.2 Å². The van der Waals surface area contributed by atoms with Crippen molar-refractivity contribution >= 4 is 76.9 Å². The summed E-state index contributed by atoms with van der Waals surface area (Å²) in [6.07, 6.45) is -63.9. The SMILES string of the molecule is CNCC(=O)NC(CO)C(=O)NC(C(=O)NC(C)C(=O)N1CCCC1C(=O)N1CCCC1C(=O)NC(C)C(N)=O)C(C)O[C@H]1OC(CO[C@@H]2OC(CO)[C@@H](O[C@@H]3OC(CO)[C@H](O)[C@H](O[C@]4(C(=O)O)C[C@@H](O)[C@@H](NC(C)=O)C([C@H](O)[C@H](O)CO)O4)C3O)[C@H](O)C2NC(C)=O)[C@H](O)[C@H](O[C@@H]2OC(CO)[C@H](O)[C@H](O[C@]3(C(=O)O)C[C@@H](O)[C@@H](NC(C)=O)C([C@H](O)[C@H](O)CO)O3)C2O)C1NC(C)=O. The molecule has 0 spiro atoms. The van der Waals surface area contributed by atoms with Gasteiger partial charge in [0, 0.05) is 53.6 Å². The summed E-state index contributed by atoms with van der Waals surface area (Å²) in [5.74, 6) is -21.9. The third-order valence-electron chi connectivity index (χ3n) is 23.7. The number of aliphatic carboxylic acids is 2. The minimum Gasteiger partial charge on any atom is -0.477 e. The van der Waals surface area contributed by atoms with Crippen LogP contribution in [-0.4, -0.2) is 499 Å². The number of aliphatic hydroxyl groups is 18. The average molecular weight is 1930 g/mol. The maximum atomic E-state index is 15.2. The Morgan fingerprint density at radius 2 is 0.925 bits per heavy atom. The summed E-state index contributed by atoms with van der Waals surface area (Å²) in [7, 11) is 1.35. The molecule has 57 heteroatoms. The number of hydrogen-bond acceptors (Lipinski definition) is 44. The van der Waals surface area contributed by atoms with Gasteiger partial charge in [-0.2, -0.15) is 0 Å². The Labute approximate surface area is 756 Å². The number of amides is 11. The number of carbonyl (C=O) groups excluding carboxylic acids is 11. The van der Waals surface area contributed by atoms with Crippen molar-refractivity contribution in [3.8, 4) is 0 Å². The Hall–Kier alpha value is -8.13. The molecule has 8 fully saturated rings. The number of nitrogens with two attached hydrogens (primary N) is 1. The predicted octanol–water partition coefficient (Wildman–Crippen LogP) is -19.0. The molecule has 8 rings (SSSR count). The number of carboxylic acids is 2. The third-order valence-corrected chi connectivity index (χ3v) is 23.7. The summed E-state index contributed by atoms with van der Waals surface area (Å²) in [6, 6.07) is -17.1. The average Bonchev–Trinajstić information content (AvgIpc) is 1.24. The van der Waals surface area contributed by atoms with E-state index >= 15 is 4.79 Å². The Balaban J connectivity index is 1.17. The molecule has 17 unspecified atom stereocenters. The van der Waals surface area contributed by atoms with Gasteiger partial charge in [-0.1, -0.05) is 0 Å². The number of ether oxygens (including phenoxy) is 12. The zero-order valence-corrected chi connectivity index (χ0v) is 73.3. The first-order chi connectivity index (χ1) is 62.5. The number of aliphatic hydroxyl groups excluding tert-OH is 18. The normalized spacial score (nSPS) is 36.8. The number of hydrogen-bond donors (Lipinski definition) is 30. The van der Waals surface area contributed by atoms with Crippen molar-refractivity contribution < 1.29 is 221 Å². The zero-order chi connectivity index (χ0) is 99.2. The van der Waals surface area contributed by atoms with Gasteiger partial charge in [0.25, 0.3) is 11.6 Å². The minimum atomic E-state index is -3.42. The minimum absolute atomic E-state index is 0.0473. The number of rotatable bonds is 42. The van der Waals surface area contributed by atoms with E-state index in [0.29, 0.717) is 6.42 Å². The van der Waals surface area contributed by atoms with Gasteiger partial charge in [0.2, 0.25) is 65.0 Å². The second-order valence-corrected chi connectivity index (χ2v) is 33.5. The summed E-state index contributed by atoms with van der Waals surface area (Å²) in [5, 5.41) is 245. The zero-order valence-electron chi connectivity index (χ0n) is 73.3. The number of carbonyl (C=O) groups is 13. The lowest BCUT2D eigenvalue weighted by Gasteiger charge is -2.51. The van der Waals surface area contributed by atoms with Crippen LogP contribution < -0.4 is 53.6 Å². The van der Waals surface area contributed by atoms with Gasteiger partial charge in [-0.3, -0.25) is 52.7 Å². The van der Waals surface area contributed by atoms with E-state index in [4.69, 9.17) is 62.6 Å². The fraction of sp³-hybridized carbons (Fsp3) is 0.829. The number of likely N-dealkylation sites (tertiary alicyclic amines) is 2. The lowest BCUT2D eigenvalue weighted by Crippen LogP contribution is -2.71. The van der Waals surface area contributed by atoms with Gasteiger partial charge in [-0.05, 0) is 53.5 Å². The van der Waals surface area contributed by atoms with Crippen LogP contribution in [0.1, 0.15) is 87.0 Å². The maximum Gasteiger partial charge on any atom is 0.364 e. The van der Waals surface area contributed by atoms with Crippen molar-refractivity contribution in [2.75, 3.05) is 72.9 Å². The Morgan fingerprint density at radius 3 is 1.38 bits per heavy atom. The van der Waals surface area contributed by atoms with Crippen molar-refractivity contribution in [3.63, 3.8) is 0 Å². The highest BCUT2D eigenvalue weighted by atomic mass is 16.8. The predicted molar refractivity (Wildman–Crippen MR) is 427 cm³/mol. The van der Waals surface area contributed by atoms with E-state index in [1.807, 2.05) is 0 Å². The van der Waals surface area contributed by atoms with Crippen LogP contribution in [0.25, 0.3) is 0 Å². The molecule has 31 N–H and O–H groups in total. The van der Waals surface area contributed by atoms with Gasteiger partial charge in [-0.25, -0.2) is 9.59 Å². The van der Waals surface area contributed by atoms with Crippen LogP contribution in [0.2, 0.25) is 0 Å². The molecule has 0 aromatic heterocycles. The molecule has 0 bridgehead atoms.